The van der Waals surface area contributed by atoms with Crippen molar-refractivity contribution in [2.45, 2.75) is 46.1 Å². The summed E-state index contributed by atoms with van der Waals surface area (Å²) >= 11 is 0. The van der Waals surface area contributed by atoms with Crippen LogP contribution in [0.25, 0.3) is 22.0 Å². The number of hydrogen-bond acceptors (Lipinski definition) is 4. The van der Waals surface area contributed by atoms with E-state index >= 15 is 0 Å². The molecule has 6 rings (SSSR count). The van der Waals surface area contributed by atoms with E-state index in [-0.39, 0.29) is 5.91 Å². The summed E-state index contributed by atoms with van der Waals surface area (Å²) in [4.78, 5) is 27.1. The number of aromatic nitrogens is 2. The third-order valence-electron chi connectivity index (χ3n) is 8.26. The Morgan fingerprint density at radius 1 is 0.919 bits per heavy atom. The predicted molar refractivity (Wildman–Crippen MR) is 150 cm³/mol. The molecular formula is C32H34N4O. The Kier molecular flexibility index (Phi) is 6.37. The fourth-order valence-corrected chi connectivity index (χ4v) is 5.98. The fourth-order valence-electron chi connectivity index (χ4n) is 5.98. The number of benzene rings is 3. The van der Waals surface area contributed by atoms with E-state index < -0.39 is 0 Å². The molecule has 0 bridgehead atoms. The van der Waals surface area contributed by atoms with Crippen LogP contribution in [0, 0.1) is 12.8 Å². The third-order valence-corrected chi connectivity index (χ3v) is 8.26. The monoisotopic (exact) mass is 490 g/mol. The number of amides is 1. The minimum Gasteiger partial charge on any atom is -0.351 e. The highest BCUT2D eigenvalue weighted by atomic mass is 16.2. The molecule has 0 N–H and O–H groups in total. The fraction of sp³-hybridized carbons (Fsp3) is 0.344. The molecule has 0 spiro atoms. The molecule has 5 nitrogen and oxygen atoms in total. The summed E-state index contributed by atoms with van der Waals surface area (Å²) < 4.78 is 0. The third kappa shape index (κ3) is 4.59. The molecule has 4 aromatic rings. The Balaban J connectivity index is 1.30. The van der Waals surface area contributed by atoms with Crippen LogP contribution in [-0.4, -0.2) is 40.4 Å². The highest BCUT2D eigenvalue weighted by Gasteiger charge is 2.25. The van der Waals surface area contributed by atoms with E-state index in [1.807, 2.05) is 17.0 Å². The molecule has 188 valence electrons. The van der Waals surface area contributed by atoms with E-state index in [4.69, 9.17) is 4.98 Å². The Morgan fingerprint density at radius 3 is 2.51 bits per heavy atom. The lowest BCUT2D eigenvalue weighted by Crippen LogP contribution is -2.38. The van der Waals surface area contributed by atoms with Crippen LogP contribution in [0.3, 0.4) is 0 Å². The molecule has 0 radical (unpaired) electrons. The SMILES string of the molecule is CCC1CCN(C(=O)c2ccc3c(c2)CN(c2ncnc4c(C)cc(-c5ccccc5)cc24)CC3)CC1. The van der Waals surface area contributed by atoms with Gasteiger partial charge in [-0.3, -0.25) is 4.79 Å². The van der Waals surface area contributed by atoms with Gasteiger partial charge < -0.3 is 9.80 Å². The Hall–Kier alpha value is -3.73. The molecule has 1 aromatic heterocycles. The first kappa shape index (κ1) is 23.7. The summed E-state index contributed by atoms with van der Waals surface area (Å²) in [6.45, 7) is 7.76. The number of hydrogen-bond donors (Lipinski definition) is 0. The average Bonchev–Trinajstić information content (AvgIpc) is 2.96. The van der Waals surface area contributed by atoms with Gasteiger partial charge in [0, 0.05) is 37.1 Å². The Morgan fingerprint density at radius 2 is 1.73 bits per heavy atom. The average molecular weight is 491 g/mol. The zero-order valence-corrected chi connectivity index (χ0v) is 21.8. The molecule has 5 heteroatoms. The van der Waals surface area contributed by atoms with Crippen molar-refractivity contribution in [2.75, 3.05) is 24.5 Å². The molecule has 0 aliphatic carbocycles. The molecule has 3 aromatic carbocycles. The Bertz CT molecular complexity index is 1440. The van der Waals surface area contributed by atoms with Gasteiger partial charge in [0.1, 0.15) is 12.1 Å². The largest absolute Gasteiger partial charge is 0.351 e. The molecule has 37 heavy (non-hydrogen) atoms. The Labute approximate surface area is 219 Å². The normalized spacial score (nSPS) is 16.2. The van der Waals surface area contributed by atoms with Crippen LogP contribution in [0.2, 0.25) is 0 Å². The first-order valence-electron chi connectivity index (χ1n) is 13.6. The maximum Gasteiger partial charge on any atom is 0.253 e. The number of carbonyl (C=O) groups excluding carboxylic acids is 1. The second-order valence-electron chi connectivity index (χ2n) is 10.6. The first-order chi connectivity index (χ1) is 18.1. The summed E-state index contributed by atoms with van der Waals surface area (Å²) in [6.07, 6.45) is 6.07. The van der Waals surface area contributed by atoms with Gasteiger partial charge in [-0.2, -0.15) is 0 Å². The molecule has 2 aliphatic rings. The van der Waals surface area contributed by atoms with Crippen molar-refractivity contribution in [3.63, 3.8) is 0 Å². The maximum absolute atomic E-state index is 13.3. The van der Waals surface area contributed by atoms with Crippen LogP contribution in [0.1, 0.15) is 53.2 Å². The second-order valence-corrected chi connectivity index (χ2v) is 10.6. The van der Waals surface area contributed by atoms with Gasteiger partial charge in [-0.05, 0) is 84.2 Å². The zero-order valence-electron chi connectivity index (χ0n) is 21.8. The van der Waals surface area contributed by atoms with Crippen LogP contribution < -0.4 is 4.90 Å². The van der Waals surface area contributed by atoms with E-state index in [9.17, 15) is 4.79 Å². The van der Waals surface area contributed by atoms with Gasteiger partial charge in [0.2, 0.25) is 0 Å². The van der Waals surface area contributed by atoms with Crippen molar-refractivity contribution in [2.24, 2.45) is 5.92 Å². The molecular weight excluding hydrogens is 456 g/mol. The number of anilines is 1. The van der Waals surface area contributed by atoms with E-state index in [0.717, 1.165) is 79.2 Å². The first-order valence-corrected chi connectivity index (χ1v) is 13.6. The number of nitrogens with zero attached hydrogens (tertiary/aromatic N) is 4. The van der Waals surface area contributed by atoms with E-state index in [1.165, 1.54) is 28.7 Å². The highest BCUT2D eigenvalue weighted by Crippen LogP contribution is 2.33. The lowest BCUT2D eigenvalue weighted by molar-refractivity contribution is 0.0688. The van der Waals surface area contributed by atoms with Gasteiger partial charge >= 0.3 is 0 Å². The van der Waals surface area contributed by atoms with Crippen LogP contribution in [0.15, 0.2) is 67.0 Å². The summed E-state index contributed by atoms with van der Waals surface area (Å²) in [5.41, 5.74) is 7.88. The van der Waals surface area contributed by atoms with Crippen molar-refractivity contribution in [3.05, 3.63) is 89.2 Å². The number of rotatable bonds is 4. The molecule has 0 unspecified atom stereocenters. The molecule has 0 saturated carbocycles. The summed E-state index contributed by atoms with van der Waals surface area (Å²) in [6, 6.07) is 21.2. The van der Waals surface area contributed by atoms with Crippen molar-refractivity contribution in [3.8, 4) is 11.1 Å². The van der Waals surface area contributed by atoms with E-state index in [0.29, 0.717) is 0 Å². The van der Waals surface area contributed by atoms with Crippen LogP contribution in [-0.2, 0) is 13.0 Å². The number of fused-ring (bicyclic) bond motifs is 2. The van der Waals surface area contributed by atoms with Gasteiger partial charge in [0.05, 0.1) is 5.52 Å². The van der Waals surface area contributed by atoms with Gasteiger partial charge in [-0.1, -0.05) is 49.7 Å². The molecule has 2 aliphatic heterocycles. The van der Waals surface area contributed by atoms with Crippen molar-refractivity contribution < 1.29 is 4.79 Å². The standard InChI is InChI=1S/C32H34N4O/c1-3-23-11-14-35(15-12-23)32(37)26-10-9-25-13-16-36(20-28(25)18-26)31-29-19-27(24-7-5-4-6-8-24)17-22(2)30(29)33-21-34-31/h4-10,17-19,21,23H,3,11-16,20H2,1-2H3. The van der Waals surface area contributed by atoms with Crippen molar-refractivity contribution in [1.82, 2.24) is 14.9 Å². The van der Waals surface area contributed by atoms with Crippen LogP contribution in [0.5, 0.6) is 0 Å². The van der Waals surface area contributed by atoms with Crippen molar-refractivity contribution >= 4 is 22.6 Å². The lowest BCUT2D eigenvalue weighted by Gasteiger charge is -2.33. The summed E-state index contributed by atoms with van der Waals surface area (Å²) in [5, 5.41) is 1.08. The number of carbonyl (C=O) groups is 1. The maximum atomic E-state index is 13.3. The highest BCUT2D eigenvalue weighted by molar-refractivity contribution is 5.96. The smallest absolute Gasteiger partial charge is 0.253 e. The molecule has 1 saturated heterocycles. The molecule has 3 heterocycles. The predicted octanol–water partition coefficient (Wildman–Crippen LogP) is 6.43. The second kappa shape index (κ2) is 9.97. The number of aryl methyl sites for hydroxylation is 1. The summed E-state index contributed by atoms with van der Waals surface area (Å²) in [7, 11) is 0. The van der Waals surface area contributed by atoms with E-state index in [2.05, 4.69) is 72.3 Å². The molecule has 0 atom stereocenters. The van der Waals surface area contributed by atoms with Crippen molar-refractivity contribution in [1.29, 1.82) is 0 Å². The molecule has 1 amide bonds. The zero-order chi connectivity index (χ0) is 25.4. The topological polar surface area (TPSA) is 49.3 Å². The molecule has 1 fully saturated rings. The number of likely N-dealkylation sites (tertiary alicyclic amines) is 1. The van der Waals surface area contributed by atoms with Gasteiger partial charge in [0.15, 0.2) is 0 Å². The minimum absolute atomic E-state index is 0.171. The quantitative estimate of drug-likeness (QED) is 0.331. The minimum atomic E-state index is 0.171. The van der Waals surface area contributed by atoms with Gasteiger partial charge in [0.25, 0.3) is 5.91 Å². The number of piperidine rings is 1. The van der Waals surface area contributed by atoms with Crippen LogP contribution >= 0.6 is 0 Å². The lowest BCUT2D eigenvalue weighted by atomic mass is 9.93. The van der Waals surface area contributed by atoms with Crippen LogP contribution in [0.4, 0.5) is 5.82 Å². The van der Waals surface area contributed by atoms with Gasteiger partial charge in [-0.15, -0.1) is 0 Å². The van der Waals surface area contributed by atoms with E-state index in [1.54, 1.807) is 6.33 Å². The van der Waals surface area contributed by atoms with Gasteiger partial charge in [-0.25, -0.2) is 9.97 Å². The summed E-state index contributed by atoms with van der Waals surface area (Å²) in [5.74, 6) is 1.90.